The van der Waals surface area contributed by atoms with E-state index in [1.54, 1.807) is 0 Å². The van der Waals surface area contributed by atoms with Gasteiger partial charge in [-0.25, -0.2) is 4.79 Å². The van der Waals surface area contributed by atoms with Gasteiger partial charge in [-0.05, 0) is 11.6 Å². The van der Waals surface area contributed by atoms with Gasteiger partial charge in [-0.2, -0.15) is 15.0 Å². The molecule has 1 aromatic rings. The Morgan fingerprint density at radius 1 is 1.45 bits per heavy atom. The van der Waals surface area contributed by atoms with Crippen molar-refractivity contribution in [2.24, 2.45) is 0 Å². The van der Waals surface area contributed by atoms with Crippen molar-refractivity contribution in [3.8, 4) is 0 Å². The first-order chi connectivity index (χ1) is 5.09. The van der Waals surface area contributed by atoms with Crippen LogP contribution in [0.2, 0.25) is 5.28 Å². The van der Waals surface area contributed by atoms with Gasteiger partial charge in [-0.3, -0.25) is 0 Å². The summed E-state index contributed by atoms with van der Waals surface area (Å²) in [5.41, 5.74) is 5.09. The van der Waals surface area contributed by atoms with Crippen LogP contribution >= 0.6 is 11.6 Å². The lowest BCUT2D eigenvalue weighted by Gasteiger charge is -1.94. The van der Waals surface area contributed by atoms with Crippen molar-refractivity contribution in [3.63, 3.8) is 0 Å². The molecule has 0 aromatic carbocycles. The lowest BCUT2D eigenvalue weighted by Crippen LogP contribution is -2.08. The first kappa shape index (κ1) is 7.67. The summed E-state index contributed by atoms with van der Waals surface area (Å²) >= 11 is 5.29. The summed E-state index contributed by atoms with van der Waals surface area (Å²) < 4.78 is 0. The molecule has 0 atom stereocenters. The lowest BCUT2D eigenvalue weighted by atomic mass is 10.6. The maximum Gasteiger partial charge on any atom is 0.374 e. The molecular weight excluding hydrogens is 172 g/mol. The quantitative estimate of drug-likeness (QED) is 0.612. The number of nitrogens with two attached hydrogens (primary N) is 1. The van der Waals surface area contributed by atoms with Gasteiger partial charge in [-0.1, -0.05) is 0 Å². The standard InChI is InChI=1S/C4H3ClN4O2/c5-3-7-1(2(10)11)8-4(6)9-3/h(H,10,11)(H2,6,7,8,9). The lowest BCUT2D eigenvalue weighted by molar-refractivity contribution is 0.0683. The minimum Gasteiger partial charge on any atom is -0.475 e. The molecule has 0 spiro atoms. The number of hydrogen-bond donors (Lipinski definition) is 2. The van der Waals surface area contributed by atoms with Gasteiger partial charge in [0.25, 0.3) is 0 Å². The Morgan fingerprint density at radius 3 is 2.55 bits per heavy atom. The third-order valence-corrected chi connectivity index (χ3v) is 0.986. The maximum absolute atomic E-state index is 10.2. The SMILES string of the molecule is Nc1nc(Cl)nc(C(=O)O)n1. The van der Waals surface area contributed by atoms with Crippen LogP contribution in [0, 0.1) is 0 Å². The van der Waals surface area contributed by atoms with Gasteiger partial charge < -0.3 is 10.8 Å². The average molecular weight is 175 g/mol. The highest BCUT2D eigenvalue weighted by molar-refractivity contribution is 6.28. The molecule has 0 unspecified atom stereocenters. The molecule has 0 amide bonds. The van der Waals surface area contributed by atoms with Crippen molar-refractivity contribution in [2.45, 2.75) is 0 Å². The summed E-state index contributed by atoms with van der Waals surface area (Å²) in [6, 6.07) is 0. The fourth-order valence-corrected chi connectivity index (χ4v) is 0.628. The molecule has 11 heavy (non-hydrogen) atoms. The highest BCUT2D eigenvalue weighted by atomic mass is 35.5. The van der Waals surface area contributed by atoms with Crippen molar-refractivity contribution in [3.05, 3.63) is 11.1 Å². The number of rotatable bonds is 1. The maximum atomic E-state index is 10.2. The van der Waals surface area contributed by atoms with Gasteiger partial charge in [0.2, 0.25) is 17.1 Å². The Balaban J connectivity index is 3.19. The van der Waals surface area contributed by atoms with Crippen molar-refractivity contribution in [1.29, 1.82) is 0 Å². The molecule has 0 bridgehead atoms. The topological polar surface area (TPSA) is 102 Å². The van der Waals surface area contributed by atoms with E-state index < -0.39 is 11.8 Å². The van der Waals surface area contributed by atoms with Crippen molar-refractivity contribution in [1.82, 2.24) is 15.0 Å². The number of hydrogen-bond acceptors (Lipinski definition) is 5. The number of nitrogen functional groups attached to an aromatic ring is 1. The number of carboxylic acid groups (broad SMARTS) is 1. The third kappa shape index (κ3) is 1.74. The Hall–Kier alpha value is -1.43. The highest BCUT2D eigenvalue weighted by Crippen LogP contribution is 2.02. The molecule has 3 N–H and O–H groups in total. The molecule has 1 rings (SSSR count). The third-order valence-electron chi connectivity index (χ3n) is 0.817. The molecule has 1 heterocycles. The van der Waals surface area contributed by atoms with Crippen LogP contribution in [-0.4, -0.2) is 26.0 Å². The summed E-state index contributed by atoms with van der Waals surface area (Å²) in [6.45, 7) is 0. The highest BCUT2D eigenvalue weighted by Gasteiger charge is 2.08. The van der Waals surface area contributed by atoms with Crippen molar-refractivity contribution in [2.75, 3.05) is 5.73 Å². The number of halogens is 1. The van der Waals surface area contributed by atoms with Gasteiger partial charge in [0.05, 0.1) is 0 Å². The number of anilines is 1. The summed E-state index contributed by atoms with van der Waals surface area (Å²) in [7, 11) is 0. The van der Waals surface area contributed by atoms with Crippen LogP contribution in [0.4, 0.5) is 5.95 Å². The van der Waals surface area contributed by atoms with Crippen LogP contribution in [0.1, 0.15) is 10.6 Å². The van der Waals surface area contributed by atoms with Crippen molar-refractivity contribution < 1.29 is 9.90 Å². The minimum absolute atomic E-state index is 0.206. The molecule has 0 saturated heterocycles. The Morgan fingerprint density at radius 2 is 2.09 bits per heavy atom. The first-order valence-electron chi connectivity index (χ1n) is 2.50. The Bertz CT molecular complexity index is 282. The second-order valence-corrected chi connectivity index (χ2v) is 1.93. The molecule has 0 aliphatic carbocycles. The molecule has 0 saturated carbocycles. The smallest absolute Gasteiger partial charge is 0.374 e. The molecule has 6 nitrogen and oxygen atoms in total. The van der Waals surface area contributed by atoms with Crippen LogP contribution in [-0.2, 0) is 0 Å². The predicted molar refractivity (Wildman–Crippen MR) is 36.2 cm³/mol. The zero-order chi connectivity index (χ0) is 8.43. The van der Waals surface area contributed by atoms with Crippen molar-refractivity contribution >= 4 is 23.5 Å². The van der Waals surface area contributed by atoms with E-state index in [0.29, 0.717) is 0 Å². The molecule has 0 aliphatic rings. The number of carboxylic acids is 1. The molecule has 58 valence electrons. The van der Waals surface area contributed by atoms with E-state index in [1.807, 2.05) is 0 Å². The van der Waals surface area contributed by atoms with Crippen LogP contribution in [0.3, 0.4) is 0 Å². The van der Waals surface area contributed by atoms with E-state index in [1.165, 1.54) is 0 Å². The zero-order valence-corrected chi connectivity index (χ0v) is 5.91. The second-order valence-electron chi connectivity index (χ2n) is 1.59. The van der Waals surface area contributed by atoms with E-state index in [-0.39, 0.29) is 11.2 Å². The normalized spacial score (nSPS) is 9.55. The average Bonchev–Trinajstić information content (AvgIpc) is 1.85. The van der Waals surface area contributed by atoms with Crippen LogP contribution < -0.4 is 5.73 Å². The number of nitrogens with zero attached hydrogens (tertiary/aromatic N) is 3. The molecule has 0 fully saturated rings. The van der Waals surface area contributed by atoms with E-state index >= 15 is 0 Å². The minimum atomic E-state index is -1.29. The van der Waals surface area contributed by atoms with E-state index in [9.17, 15) is 4.79 Å². The molecule has 0 radical (unpaired) electrons. The Kier molecular flexibility index (Phi) is 1.86. The summed E-state index contributed by atoms with van der Waals surface area (Å²) in [5, 5.41) is 8.14. The van der Waals surface area contributed by atoms with Gasteiger partial charge in [-0.15, -0.1) is 0 Å². The van der Waals surface area contributed by atoms with E-state index in [4.69, 9.17) is 22.4 Å². The fourth-order valence-electron chi connectivity index (χ4n) is 0.461. The number of carbonyl (C=O) groups is 1. The summed E-state index contributed by atoms with van der Waals surface area (Å²) in [4.78, 5) is 20.2. The van der Waals surface area contributed by atoms with Gasteiger partial charge in [0.15, 0.2) is 0 Å². The van der Waals surface area contributed by atoms with E-state index in [2.05, 4.69) is 15.0 Å². The van der Waals surface area contributed by atoms with Crippen LogP contribution in [0.5, 0.6) is 0 Å². The zero-order valence-electron chi connectivity index (χ0n) is 5.15. The molecule has 0 aliphatic heterocycles. The fraction of sp³-hybridized carbons (Fsp3) is 0. The molecule has 7 heteroatoms. The van der Waals surface area contributed by atoms with Crippen LogP contribution in [0.15, 0.2) is 0 Å². The molecule has 1 aromatic heterocycles. The monoisotopic (exact) mass is 174 g/mol. The number of aromatic nitrogens is 3. The Labute approximate surface area is 66.1 Å². The van der Waals surface area contributed by atoms with Gasteiger partial charge in [0.1, 0.15) is 0 Å². The summed E-state index contributed by atoms with van der Waals surface area (Å²) in [5.74, 6) is -1.95. The first-order valence-corrected chi connectivity index (χ1v) is 2.87. The van der Waals surface area contributed by atoms with Crippen LogP contribution in [0.25, 0.3) is 0 Å². The van der Waals surface area contributed by atoms with E-state index in [0.717, 1.165) is 0 Å². The number of aromatic carboxylic acids is 1. The van der Waals surface area contributed by atoms with Gasteiger partial charge >= 0.3 is 5.97 Å². The second kappa shape index (κ2) is 2.67. The molecular formula is C4H3ClN4O2. The van der Waals surface area contributed by atoms with Gasteiger partial charge in [0, 0.05) is 0 Å². The predicted octanol–water partition coefficient (Wildman–Crippen LogP) is -0.195. The summed E-state index contributed by atoms with van der Waals surface area (Å²) in [6.07, 6.45) is 0. The largest absolute Gasteiger partial charge is 0.475 e.